The van der Waals surface area contributed by atoms with Gasteiger partial charge in [0.25, 0.3) is 0 Å². The molecular formula is C13H24N2O3. The molecule has 0 spiro atoms. The fourth-order valence-electron chi connectivity index (χ4n) is 2.46. The Hall–Kier alpha value is -1.26. The molecule has 18 heavy (non-hydrogen) atoms. The van der Waals surface area contributed by atoms with Gasteiger partial charge < -0.3 is 14.9 Å². The van der Waals surface area contributed by atoms with Gasteiger partial charge in [-0.2, -0.15) is 0 Å². The maximum absolute atomic E-state index is 12.3. The number of hydrogen-bond donors (Lipinski definition) is 1. The van der Waals surface area contributed by atoms with Crippen molar-refractivity contribution in [3.05, 3.63) is 0 Å². The molecule has 0 unspecified atom stereocenters. The van der Waals surface area contributed by atoms with Crippen LogP contribution in [0.3, 0.4) is 0 Å². The molecule has 0 atom stereocenters. The Morgan fingerprint density at radius 3 is 2.56 bits per heavy atom. The van der Waals surface area contributed by atoms with E-state index < -0.39 is 5.97 Å². The molecule has 0 radical (unpaired) electrons. The SMILES string of the molecule is CCCN(CC(=O)O)C(=O)N1CCCC(C)(C)C1. The predicted octanol–water partition coefficient (Wildman–Crippen LogP) is 2.02. The number of amides is 2. The summed E-state index contributed by atoms with van der Waals surface area (Å²) in [6.45, 7) is 7.99. The number of likely N-dealkylation sites (tertiary alicyclic amines) is 1. The summed E-state index contributed by atoms with van der Waals surface area (Å²) in [4.78, 5) is 26.3. The standard InChI is InChI=1S/C13H24N2O3/c1-4-7-14(9-11(16)17)12(18)15-8-5-6-13(2,3)10-15/h4-10H2,1-3H3,(H,16,17). The minimum absolute atomic E-state index is 0.132. The third-order valence-corrected chi connectivity index (χ3v) is 3.26. The van der Waals surface area contributed by atoms with Gasteiger partial charge in [-0.15, -0.1) is 0 Å². The molecule has 5 heteroatoms. The Kier molecular flexibility index (Phi) is 4.99. The number of nitrogens with zero attached hydrogens (tertiary/aromatic N) is 2. The fourth-order valence-corrected chi connectivity index (χ4v) is 2.46. The van der Waals surface area contributed by atoms with E-state index in [0.29, 0.717) is 13.1 Å². The van der Waals surface area contributed by atoms with Gasteiger partial charge in [0, 0.05) is 19.6 Å². The van der Waals surface area contributed by atoms with Gasteiger partial charge >= 0.3 is 12.0 Å². The number of rotatable bonds is 4. The molecule has 1 saturated heterocycles. The van der Waals surface area contributed by atoms with Gasteiger partial charge in [-0.1, -0.05) is 20.8 Å². The maximum atomic E-state index is 12.3. The van der Waals surface area contributed by atoms with Crippen LogP contribution in [0.15, 0.2) is 0 Å². The van der Waals surface area contributed by atoms with E-state index in [1.165, 1.54) is 4.90 Å². The molecule has 0 bridgehead atoms. The second-order valence-electron chi connectivity index (χ2n) is 5.79. The Morgan fingerprint density at radius 1 is 1.39 bits per heavy atom. The first-order valence-electron chi connectivity index (χ1n) is 6.61. The molecule has 1 rings (SSSR count). The summed E-state index contributed by atoms with van der Waals surface area (Å²) in [6, 6.07) is -0.132. The fraction of sp³-hybridized carbons (Fsp3) is 0.846. The van der Waals surface area contributed by atoms with Crippen LogP contribution in [0.5, 0.6) is 0 Å². The second kappa shape index (κ2) is 6.07. The van der Waals surface area contributed by atoms with Gasteiger partial charge in [0.15, 0.2) is 0 Å². The third kappa shape index (κ3) is 4.20. The molecular weight excluding hydrogens is 232 g/mol. The number of urea groups is 1. The van der Waals surface area contributed by atoms with Crippen molar-refractivity contribution in [2.24, 2.45) is 5.41 Å². The molecule has 1 aliphatic rings. The quantitative estimate of drug-likeness (QED) is 0.837. The van der Waals surface area contributed by atoms with E-state index in [1.54, 1.807) is 4.90 Å². The van der Waals surface area contributed by atoms with Crippen molar-refractivity contribution in [2.45, 2.75) is 40.0 Å². The maximum Gasteiger partial charge on any atom is 0.323 e. The van der Waals surface area contributed by atoms with E-state index >= 15 is 0 Å². The first-order valence-corrected chi connectivity index (χ1v) is 6.61. The second-order valence-corrected chi connectivity index (χ2v) is 5.79. The van der Waals surface area contributed by atoms with Crippen LogP contribution in [-0.2, 0) is 4.79 Å². The molecule has 1 heterocycles. The molecule has 1 aliphatic heterocycles. The number of carbonyl (C=O) groups is 2. The van der Waals surface area contributed by atoms with Crippen LogP contribution in [-0.4, -0.2) is 53.1 Å². The summed E-state index contributed by atoms with van der Waals surface area (Å²) in [5, 5.41) is 8.85. The molecule has 0 aromatic carbocycles. The summed E-state index contributed by atoms with van der Waals surface area (Å²) in [5.74, 6) is -0.951. The average Bonchev–Trinajstić information content (AvgIpc) is 2.25. The van der Waals surface area contributed by atoms with E-state index in [0.717, 1.165) is 25.8 Å². The van der Waals surface area contributed by atoms with E-state index in [9.17, 15) is 9.59 Å². The first kappa shape index (κ1) is 14.8. The van der Waals surface area contributed by atoms with Crippen LogP contribution in [0, 0.1) is 5.41 Å². The molecule has 2 amide bonds. The number of aliphatic carboxylic acids is 1. The monoisotopic (exact) mass is 256 g/mol. The zero-order valence-corrected chi connectivity index (χ0v) is 11.6. The number of hydrogen-bond acceptors (Lipinski definition) is 2. The van der Waals surface area contributed by atoms with Gasteiger partial charge in [0.1, 0.15) is 6.54 Å². The number of piperidine rings is 1. The number of carboxylic acids is 1. The normalized spacial score (nSPS) is 18.5. The summed E-state index contributed by atoms with van der Waals surface area (Å²) in [5.41, 5.74) is 0.134. The van der Waals surface area contributed by atoms with Crippen LogP contribution in [0.4, 0.5) is 4.79 Å². The van der Waals surface area contributed by atoms with Crippen LogP contribution in [0.2, 0.25) is 0 Å². The van der Waals surface area contributed by atoms with Gasteiger partial charge in [0.2, 0.25) is 0 Å². The molecule has 0 aromatic heterocycles. The molecule has 1 N–H and O–H groups in total. The van der Waals surface area contributed by atoms with E-state index in [1.807, 2.05) is 6.92 Å². The van der Waals surface area contributed by atoms with Gasteiger partial charge in [0.05, 0.1) is 0 Å². The molecule has 104 valence electrons. The van der Waals surface area contributed by atoms with Crippen molar-refractivity contribution < 1.29 is 14.7 Å². The van der Waals surface area contributed by atoms with Crippen molar-refractivity contribution in [3.63, 3.8) is 0 Å². The Labute approximate surface area is 109 Å². The average molecular weight is 256 g/mol. The molecule has 5 nitrogen and oxygen atoms in total. The third-order valence-electron chi connectivity index (χ3n) is 3.26. The van der Waals surface area contributed by atoms with Gasteiger partial charge in [-0.05, 0) is 24.7 Å². The summed E-state index contributed by atoms with van der Waals surface area (Å²) in [7, 11) is 0. The van der Waals surface area contributed by atoms with Crippen molar-refractivity contribution in [1.29, 1.82) is 0 Å². The Balaban J connectivity index is 2.66. The van der Waals surface area contributed by atoms with E-state index in [2.05, 4.69) is 13.8 Å². The van der Waals surface area contributed by atoms with E-state index in [4.69, 9.17) is 5.11 Å². The lowest BCUT2D eigenvalue weighted by Crippen LogP contribution is -2.51. The van der Waals surface area contributed by atoms with Gasteiger partial charge in [-0.25, -0.2) is 4.79 Å². The van der Waals surface area contributed by atoms with Crippen molar-refractivity contribution in [3.8, 4) is 0 Å². The zero-order valence-electron chi connectivity index (χ0n) is 11.6. The van der Waals surface area contributed by atoms with Crippen LogP contribution < -0.4 is 0 Å². The number of carboxylic acid groups (broad SMARTS) is 1. The zero-order chi connectivity index (χ0) is 13.8. The Morgan fingerprint density at radius 2 is 2.06 bits per heavy atom. The van der Waals surface area contributed by atoms with Crippen LogP contribution >= 0.6 is 0 Å². The lowest BCUT2D eigenvalue weighted by atomic mass is 9.84. The highest BCUT2D eigenvalue weighted by atomic mass is 16.4. The highest BCUT2D eigenvalue weighted by Crippen LogP contribution is 2.28. The first-order chi connectivity index (χ1) is 8.35. The molecule has 0 saturated carbocycles. The molecule has 0 aliphatic carbocycles. The molecule has 0 aromatic rings. The minimum atomic E-state index is -0.951. The Bertz CT molecular complexity index is 315. The topological polar surface area (TPSA) is 60.9 Å². The lowest BCUT2D eigenvalue weighted by Gasteiger charge is -2.40. The predicted molar refractivity (Wildman–Crippen MR) is 69.5 cm³/mol. The summed E-state index contributed by atoms with van der Waals surface area (Å²) in [6.07, 6.45) is 2.88. The lowest BCUT2D eigenvalue weighted by molar-refractivity contribution is -0.137. The highest BCUT2D eigenvalue weighted by Gasteiger charge is 2.31. The van der Waals surface area contributed by atoms with Crippen molar-refractivity contribution >= 4 is 12.0 Å². The smallest absolute Gasteiger partial charge is 0.323 e. The van der Waals surface area contributed by atoms with Crippen LogP contribution in [0.25, 0.3) is 0 Å². The van der Waals surface area contributed by atoms with Crippen molar-refractivity contribution in [2.75, 3.05) is 26.2 Å². The highest BCUT2D eigenvalue weighted by molar-refractivity contribution is 5.80. The van der Waals surface area contributed by atoms with Crippen molar-refractivity contribution in [1.82, 2.24) is 9.80 Å². The van der Waals surface area contributed by atoms with Crippen LogP contribution in [0.1, 0.15) is 40.0 Å². The van der Waals surface area contributed by atoms with E-state index in [-0.39, 0.29) is 18.0 Å². The minimum Gasteiger partial charge on any atom is -0.480 e. The number of carbonyl (C=O) groups excluding carboxylic acids is 1. The summed E-state index contributed by atoms with van der Waals surface area (Å²) >= 11 is 0. The summed E-state index contributed by atoms with van der Waals surface area (Å²) < 4.78 is 0. The largest absolute Gasteiger partial charge is 0.480 e. The van der Waals surface area contributed by atoms with Gasteiger partial charge in [-0.3, -0.25) is 4.79 Å². The molecule has 1 fully saturated rings.